The van der Waals surface area contributed by atoms with E-state index in [0.29, 0.717) is 66.6 Å². The summed E-state index contributed by atoms with van der Waals surface area (Å²) in [5.41, 5.74) is 10.8. The molecule has 2 heterocycles. The number of carbonyl (C=O) groups is 2. The van der Waals surface area contributed by atoms with E-state index in [1.807, 2.05) is 45.0 Å². The van der Waals surface area contributed by atoms with E-state index in [2.05, 4.69) is 53.1 Å². The van der Waals surface area contributed by atoms with Gasteiger partial charge in [0.15, 0.2) is 5.82 Å². The number of aromatic nitrogens is 3. The van der Waals surface area contributed by atoms with Crippen molar-refractivity contribution in [3.63, 3.8) is 0 Å². The fourth-order valence-corrected chi connectivity index (χ4v) is 5.52. The molecule has 252 valence electrons. The largest absolute Gasteiger partial charge is 0.444 e. The Morgan fingerprint density at radius 1 is 0.875 bits per heavy atom. The van der Waals surface area contributed by atoms with Gasteiger partial charge in [0.05, 0.1) is 6.61 Å². The third-order valence-corrected chi connectivity index (χ3v) is 8.13. The van der Waals surface area contributed by atoms with Crippen LogP contribution in [-0.2, 0) is 23.2 Å². The molecule has 0 saturated carbocycles. The third kappa shape index (κ3) is 8.46. The summed E-state index contributed by atoms with van der Waals surface area (Å²) in [4.78, 5) is 43.0. The van der Waals surface area contributed by atoms with Crippen LogP contribution in [0.3, 0.4) is 0 Å². The Bertz CT molecular complexity index is 1750. The first-order chi connectivity index (χ1) is 22.7. The van der Waals surface area contributed by atoms with Gasteiger partial charge < -0.3 is 30.7 Å². The van der Waals surface area contributed by atoms with Gasteiger partial charge in [0.25, 0.3) is 5.91 Å². The molecule has 1 saturated heterocycles. The highest BCUT2D eigenvalue weighted by Crippen LogP contribution is 2.29. The first-order valence-electron chi connectivity index (χ1n) is 16.2. The number of rotatable bonds is 7. The average molecular weight is 652 g/mol. The number of carbonyl (C=O) groups excluding carboxylic acids is 2. The molecule has 1 fully saturated rings. The lowest BCUT2D eigenvalue weighted by Gasteiger charge is -2.36. The van der Waals surface area contributed by atoms with Crippen LogP contribution in [0.5, 0.6) is 0 Å². The highest BCUT2D eigenvalue weighted by atomic mass is 16.6. The van der Waals surface area contributed by atoms with Gasteiger partial charge in [-0.2, -0.15) is 9.97 Å². The Hall–Kier alpha value is -5.03. The van der Waals surface area contributed by atoms with E-state index < -0.39 is 5.60 Å². The number of nitrogens with two attached hydrogens (primary N) is 1. The van der Waals surface area contributed by atoms with Crippen LogP contribution in [0.1, 0.15) is 74.4 Å². The zero-order chi connectivity index (χ0) is 34.6. The van der Waals surface area contributed by atoms with Gasteiger partial charge in [-0.15, -0.1) is 0 Å². The number of hydrogen-bond donors (Lipinski definition) is 3. The van der Waals surface area contributed by atoms with Crippen LogP contribution >= 0.6 is 0 Å². The van der Waals surface area contributed by atoms with Crippen molar-refractivity contribution in [2.45, 2.75) is 65.6 Å². The fraction of sp³-hybridized carbons (Fsp3) is 0.378. The summed E-state index contributed by atoms with van der Waals surface area (Å²) >= 11 is 0. The quantitative estimate of drug-likeness (QED) is 0.225. The van der Waals surface area contributed by atoms with Crippen molar-refractivity contribution < 1.29 is 19.4 Å². The van der Waals surface area contributed by atoms with Crippen molar-refractivity contribution in [3.8, 4) is 11.4 Å². The Labute approximate surface area is 282 Å². The van der Waals surface area contributed by atoms with E-state index in [1.165, 1.54) is 0 Å². The molecule has 11 heteroatoms. The zero-order valence-corrected chi connectivity index (χ0v) is 28.6. The lowest BCUT2D eigenvalue weighted by molar-refractivity contribution is 0.0240. The van der Waals surface area contributed by atoms with Gasteiger partial charge in [0.2, 0.25) is 5.95 Å². The van der Waals surface area contributed by atoms with Crippen molar-refractivity contribution in [1.29, 1.82) is 0 Å². The second kappa shape index (κ2) is 14.0. The Morgan fingerprint density at radius 2 is 1.54 bits per heavy atom. The second-order valence-electron chi connectivity index (χ2n) is 14.0. The highest BCUT2D eigenvalue weighted by molar-refractivity contribution is 6.05. The highest BCUT2D eigenvalue weighted by Gasteiger charge is 2.26. The normalized spacial score (nSPS) is 13.7. The predicted octanol–water partition coefficient (Wildman–Crippen LogP) is 5.81. The van der Waals surface area contributed by atoms with Crippen molar-refractivity contribution in [1.82, 2.24) is 19.9 Å². The van der Waals surface area contributed by atoms with E-state index in [9.17, 15) is 14.7 Å². The maximum atomic E-state index is 13.1. The molecule has 0 spiro atoms. The summed E-state index contributed by atoms with van der Waals surface area (Å²) in [5.74, 6) is 0.568. The van der Waals surface area contributed by atoms with E-state index in [0.717, 1.165) is 16.8 Å². The van der Waals surface area contributed by atoms with Gasteiger partial charge in [0.1, 0.15) is 11.4 Å². The van der Waals surface area contributed by atoms with E-state index >= 15 is 0 Å². The van der Waals surface area contributed by atoms with Gasteiger partial charge in [-0.05, 0) is 67.6 Å². The molecule has 1 aromatic heterocycles. The molecule has 4 aromatic rings. The molecule has 48 heavy (non-hydrogen) atoms. The minimum Gasteiger partial charge on any atom is -0.444 e. The molecule has 3 aromatic carbocycles. The SMILES string of the molecule is CC(C)(C)OC(=O)N1CCN(c2ccc(Cc3nc(N)nc(-c4cccc(NC(=O)c5ccc(C(C)(C)C)cc5)c4CO)n3)cc2)CC1. The number of aliphatic hydroxyl groups excluding tert-OH is 1. The summed E-state index contributed by atoms with van der Waals surface area (Å²) in [6.07, 6.45) is 0.139. The maximum Gasteiger partial charge on any atom is 0.410 e. The number of nitrogens with zero attached hydrogens (tertiary/aromatic N) is 5. The lowest BCUT2D eigenvalue weighted by atomic mass is 9.86. The average Bonchev–Trinajstić information content (AvgIpc) is 3.03. The molecule has 0 radical (unpaired) electrons. The molecule has 2 amide bonds. The predicted molar refractivity (Wildman–Crippen MR) is 188 cm³/mol. The number of ether oxygens (including phenoxy) is 1. The fourth-order valence-electron chi connectivity index (χ4n) is 5.52. The van der Waals surface area contributed by atoms with Gasteiger partial charge in [-0.25, -0.2) is 9.78 Å². The van der Waals surface area contributed by atoms with E-state index in [1.54, 1.807) is 35.2 Å². The molecule has 0 atom stereocenters. The summed E-state index contributed by atoms with van der Waals surface area (Å²) in [6, 6.07) is 21.0. The van der Waals surface area contributed by atoms with E-state index in [-0.39, 0.29) is 30.0 Å². The van der Waals surface area contributed by atoms with Crippen LogP contribution in [-0.4, -0.2) is 68.7 Å². The van der Waals surface area contributed by atoms with Crippen LogP contribution in [0.4, 0.5) is 22.1 Å². The number of benzene rings is 3. The minimum absolute atomic E-state index is 0.0238. The minimum atomic E-state index is -0.517. The van der Waals surface area contributed by atoms with Crippen LogP contribution in [0.15, 0.2) is 66.7 Å². The smallest absolute Gasteiger partial charge is 0.410 e. The maximum absolute atomic E-state index is 13.1. The number of aliphatic hydroxyl groups is 1. The molecule has 0 aliphatic carbocycles. The lowest BCUT2D eigenvalue weighted by Crippen LogP contribution is -2.50. The van der Waals surface area contributed by atoms with Crippen molar-refractivity contribution in [2.75, 3.05) is 42.1 Å². The Balaban J connectivity index is 1.27. The standard InChI is InChI=1S/C37H45N7O4/c1-36(2,3)26-14-12-25(13-15-26)33(46)39-30-9-7-8-28(29(30)23-45)32-40-31(41-34(38)42-32)22-24-10-16-27(17-11-24)43-18-20-44(21-19-43)35(47)48-37(4,5)6/h7-17,45H,18-23H2,1-6H3,(H,39,46)(H2,38,40,41,42). The van der Waals surface area contributed by atoms with Gasteiger partial charge in [-0.1, -0.05) is 57.2 Å². The zero-order valence-electron chi connectivity index (χ0n) is 28.6. The van der Waals surface area contributed by atoms with Crippen molar-refractivity contribution >= 4 is 29.3 Å². The number of nitrogens with one attached hydrogen (secondary N) is 1. The van der Waals surface area contributed by atoms with Crippen LogP contribution in [0.2, 0.25) is 0 Å². The van der Waals surface area contributed by atoms with Crippen LogP contribution in [0, 0.1) is 0 Å². The molecule has 0 unspecified atom stereocenters. The van der Waals surface area contributed by atoms with Crippen molar-refractivity contribution in [3.05, 3.63) is 94.8 Å². The molecule has 5 rings (SSSR count). The number of amides is 2. The monoisotopic (exact) mass is 651 g/mol. The first-order valence-corrected chi connectivity index (χ1v) is 16.2. The number of hydrogen-bond acceptors (Lipinski definition) is 9. The molecule has 4 N–H and O–H groups in total. The molecule has 1 aliphatic rings. The van der Waals surface area contributed by atoms with E-state index in [4.69, 9.17) is 15.5 Å². The summed E-state index contributed by atoms with van der Waals surface area (Å²) in [6.45, 7) is 14.2. The molecule has 0 bridgehead atoms. The summed E-state index contributed by atoms with van der Waals surface area (Å²) in [5, 5.41) is 13.3. The first kappa shape index (κ1) is 34.3. The molecular weight excluding hydrogens is 606 g/mol. The Morgan fingerprint density at radius 3 is 2.15 bits per heavy atom. The summed E-state index contributed by atoms with van der Waals surface area (Å²) < 4.78 is 5.51. The topological polar surface area (TPSA) is 147 Å². The van der Waals surface area contributed by atoms with Gasteiger partial charge in [0, 0.05) is 60.7 Å². The number of nitrogen functional groups attached to an aromatic ring is 1. The second-order valence-corrected chi connectivity index (χ2v) is 14.0. The molecular formula is C37H45N7O4. The number of anilines is 3. The third-order valence-electron chi connectivity index (χ3n) is 8.13. The number of piperazine rings is 1. The van der Waals surface area contributed by atoms with Gasteiger partial charge >= 0.3 is 6.09 Å². The van der Waals surface area contributed by atoms with Gasteiger partial charge in [-0.3, -0.25) is 4.79 Å². The summed E-state index contributed by atoms with van der Waals surface area (Å²) in [7, 11) is 0. The molecule has 1 aliphatic heterocycles. The van der Waals surface area contributed by atoms with Crippen molar-refractivity contribution in [2.24, 2.45) is 0 Å². The molecule has 11 nitrogen and oxygen atoms in total. The Kier molecular flexibility index (Phi) is 10.00. The van der Waals surface area contributed by atoms with Crippen LogP contribution < -0.4 is 16.0 Å². The van der Waals surface area contributed by atoms with Crippen LogP contribution in [0.25, 0.3) is 11.4 Å².